The highest BCUT2D eigenvalue weighted by Crippen LogP contribution is 2.37. The zero-order valence-corrected chi connectivity index (χ0v) is 8.89. The summed E-state index contributed by atoms with van der Waals surface area (Å²) in [6.07, 6.45) is 5.04. The van der Waals surface area contributed by atoms with Gasteiger partial charge in [-0.2, -0.15) is 0 Å². The minimum Gasteiger partial charge on any atom is -0.508 e. The normalized spacial score (nSPS) is 19.3. The van der Waals surface area contributed by atoms with Crippen molar-refractivity contribution < 1.29 is 10.2 Å². The van der Waals surface area contributed by atoms with Crippen molar-refractivity contribution in [2.24, 2.45) is 5.92 Å². The number of benzene rings is 1. The summed E-state index contributed by atoms with van der Waals surface area (Å²) in [6.45, 7) is 0.218. The predicted octanol–water partition coefficient (Wildman–Crippen LogP) is 2.66. The number of aromatic hydroxyl groups is 1. The Labute approximate surface area is 90.6 Å². The topological polar surface area (TPSA) is 40.5 Å². The van der Waals surface area contributed by atoms with E-state index in [2.05, 4.69) is 0 Å². The molecule has 0 radical (unpaired) electrons. The molecule has 0 heterocycles. The molecule has 0 aromatic heterocycles. The van der Waals surface area contributed by atoms with Gasteiger partial charge in [-0.05, 0) is 36.5 Å². The first-order valence-corrected chi connectivity index (χ1v) is 5.71. The number of hydrogen-bond acceptors (Lipinski definition) is 2. The zero-order valence-electron chi connectivity index (χ0n) is 8.89. The van der Waals surface area contributed by atoms with Crippen molar-refractivity contribution in [3.8, 4) is 5.75 Å². The van der Waals surface area contributed by atoms with Crippen molar-refractivity contribution in [2.45, 2.75) is 31.6 Å². The first-order valence-electron chi connectivity index (χ1n) is 5.71. The highest BCUT2D eigenvalue weighted by atomic mass is 16.3. The average molecular weight is 206 g/mol. The molecule has 0 amide bonds. The number of rotatable bonds is 3. The first-order chi connectivity index (χ1) is 7.31. The highest BCUT2D eigenvalue weighted by molar-refractivity contribution is 5.28. The van der Waals surface area contributed by atoms with E-state index in [9.17, 15) is 10.2 Å². The molecule has 1 atom stereocenters. The van der Waals surface area contributed by atoms with Gasteiger partial charge in [0, 0.05) is 5.92 Å². The maximum absolute atomic E-state index is 9.45. The molecule has 2 heteroatoms. The lowest BCUT2D eigenvalue weighted by molar-refractivity contribution is 0.226. The van der Waals surface area contributed by atoms with Gasteiger partial charge in [-0.3, -0.25) is 0 Å². The fourth-order valence-corrected chi connectivity index (χ4v) is 2.61. The van der Waals surface area contributed by atoms with Crippen LogP contribution in [0.3, 0.4) is 0 Å². The van der Waals surface area contributed by atoms with Gasteiger partial charge < -0.3 is 10.2 Å². The quantitative estimate of drug-likeness (QED) is 0.798. The number of aliphatic hydroxyl groups is 1. The van der Waals surface area contributed by atoms with E-state index in [1.807, 2.05) is 12.1 Å². The Kier molecular flexibility index (Phi) is 3.27. The molecule has 2 nitrogen and oxygen atoms in total. The summed E-state index contributed by atoms with van der Waals surface area (Å²) in [5, 5.41) is 18.7. The summed E-state index contributed by atoms with van der Waals surface area (Å²) in [4.78, 5) is 0. The molecule has 1 unspecified atom stereocenters. The summed E-state index contributed by atoms with van der Waals surface area (Å²) in [7, 11) is 0. The van der Waals surface area contributed by atoms with Crippen LogP contribution in [-0.2, 0) is 0 Å². The molecule has 1 fully saturated rings. The molecule has 1 saturated carbocycles. The van der Waals surface area contributed by atoms with Gasteiger partial charge in [-0.25, -0.2) is 0 Å². The van der Waals surface area contributed by atoms with Gasteiger partial charge in [0.15, 0.2) is 0 Å². The van der Waals surface area contributed by atoms with Crippen LogP contribution in [0, 0.1) is 5.92 Å². The molecular formula is C13H18O2. The number of aliphatic hydroxyl groups excluding tert-OH is 1. The van der Waals surface area contributed by atoms with Crippen LogP contribution in [0.15, 0.2) is 24.3 Å². The molecule has 1 aliphatic rings. The van der Waals surface area contributed by atoms with E-state index < -0.39 is 0 Å². The van der Waals surface area contributed by atoms with Crippen molar-refractivity contribution in [3.63, 3.8) is 0 Å². The fourth-order valence-electron chi connectivity index (χ4n) is 2.61. The van der Waals surface area contributed by atoms with Crippen LogP contribution in [0.2, 0.25) is 0 Å². The number of phenols is 1. The second kappa shape index (κ2) is 4.67. The van der Waals surface area contributed by atoms with Gasteiger partial charge in [0.05, 0.1) is 6.61 Å². The third-order valence-electron chi connectivity index (χ3n) is 3.49. The Morgan fingerprint density at radius 2 is 1.73 bits per heavy atom. The Bertz CT molecular complexity index is 299. The second-order valence-corrected chi connectivity index (χ2v) is 4.43. The monoisotopic (exact) mass is 206 g/mol. The molecule has 15 heavy (non-hydrogen) atoms. The van der Waals surface area contributed by atoms with Crippen molar-refractivity contribution in [1.82, 2.24) is 0 Å². The Hall–Kier alpha value is -1.02. The van der Waals surface area contributed by atoms with Crippen LogP contribution < -0.4 is 0 Å². The van der Waals surface area contributed by atoms with Gasteiger partial charge in [-0.15, -0.1) is 0 Å². The van der Waals surface area contributed by atoms with Gasteiger partial charge in [0.25, 0.3) is 0 Å². The summed E-state index contributed by atoms with van der Waals surface area (Å²) < 4.78 is 0. The molecule has 1 aromatic carbocycles. The highest BCUT2D eigenvalue weighted by Gasteiger charge is 2.25. The molecule has 0 spiro atoms. The molecule has 1 aliphatic carbocycles. The molecule has 2 rings (SSSR count). The molecule has 1 aromatic rings. The van der Waals surface area contributed by atoms with E-state index >= 15 is 0 Å². The maximum atomic E-state index is 9.45. The van der Waals surface area contributed by atoms with Crippen molar-refractivity contribution in [1.29, 1.82) is 0 Å². The molecular weight excluding hydrogens is 188 g/mol. The first kappa shape index (κ1) is 10.5. The van der Waals surface area contributed by atoms with E-state index in [-0.39, 0.29) is 12.5 Å². The summed E-state index contributed by atoms with van der Waals surface area (Å²) in [5.74, 6) is 1.18. The van der Waals surface area contributed by atoms with Crippen molar-refractivity contribution in [3.05, 3.63) is 29.8 Å². The van der Waals surface area contributed by atoms with Crippen molar-refractivity contribution in [2.75, 3.05) is 6.61 Å². The summed E-state index contributed by atoms with van der Waals surface area (Å²) in [5.41, 5.74) is 1.15. The lowest BCUT2D eigenvalue weighted by atomic mass is 9.85. The molecule has 2 N–H and O–H groups in total. The molecule has 0 aliphatic heterocycles. The van der Waals surface area contributed by atoms with E-state index in [1.54, 1.807) is 12.1 Å². The minimum absolute atomic E-state index is 0.218. The van der Waals surface area contributed by atoms with Gasteiger partial charge in [0.2, 0.25) is 0 Å². The average Bonchev–Trinajstić information content (AvgIpc) is 2.75. The van der Waals surface area contributed by atoms with E-state index in [0.717, 1.165) is 5.56 Å². The van der Waals surface area contributed by atoms with E-state index in [1.165, 1.54) is 25.7 Å². The number of hydrogen-bond donors (Lipinski definition) is 2. The van der Waals surface area contributed by atoms with Crippen molar-refractivity contribution >= 4 is 0 Å². The van der Waals surface area contributed by atoms with Crippen LogP contribution in [0.25, 0.3) is 0 Å². The second-order valence-electron chi connectivity index (χ2n) is 4.43. The smallest absolute Gasteiger partial charge is 0.115 e. The third kappa shape index (κ3) is 2.32. The van der Waals surface area contributed by atoms with Crippen LogP contribution in [0.5, 0.6) is 5.75 Å². The van der Waals surface area contributed by atoms with Crippen LogP contribution in [-0.4, -0.2) is 16.8 Å². The zero-order chi connectivity index (χ0) is 10.7. The molecule has 82 valence electrons. The Morgan fingerprint density at radius 1 is 1.13 bits per heavy atom. The van der Waals surface area contributed by atoms with Crippen LogP contribution in [0.1, 0.15) is 37.2 Å². The van der Waals surface area contributed by atoms with Crippen LogP contribution in [0.4, 0.5) is 0 Å². The minimum atomic E-state index is 0.218. The van der Waals surface area contributed by atoms with Crippen LogP contribution >= 0.6 is 0 Å². The lowest BCUT2D eigenvalue weighted by Crippen LogP contribution is -2.13. The molecule has 0 saturated heterocycles. The standard InChI is InChI=1S/C13H18O2/c14-9-13(10-3-1-2-4-10)11-5-7-12(15)8-6-11/h5-8,10,13-15H,1-4,9H2. The largest absolute Gasteiger partial charge is 0.508 e. The summed E-state index contributed by atoms with van der Waals surface area (Å²) in [6, 6.07) is 7.25. The Morgan fingerprint density at radius 3 is 2.27 bits per heavy atom. The van der Waals surface area contributed by atoms with E-state index in [4.69, 9.17) is 0 Å². The lowest BCUT2D eigenvalue weighted by Gasteiger charge is -2.21. The Balaban J connectivity index is 2.14. The SMILES string of the molecule is OCC(c1ccc(O)cc1)C1CCCC1. The maximum Gasteiger partial charge on any atom is 0.115 e. The van der Waals surface area contributed by atoms with E-state index in [0.29, 0.717) is 11.7 Å². The van der Waals surface area contributed by atoms with Gasteiger partial charge in [0.1, 0.15) is 5.75 Å². The number of phenolic OH excluding ortho intramolecular Hbond substituents is 1. The molecule has 0 bridgehead atoms. The van der Waals surface area contributed by atoms with Gasteiger partial charge >= 0.3 is 0 Å². The predicted molar refractivity (Wildman–Crippen MR) is 59.9 cm³/mol. The third-order valence-corrected chi connectivity index (χ3v) is 3.49. The summed E-state index contributed by atoms with van der Waals surface area (Å²) >= 11 is 0. The fraction of sp³-hybridized carbons (Fsp3) is 0.538. The van der Waals surface area contributed by atoms with Gasteiger partial charge in [-0.1, -0.05) is 25.0 Å².